The number of aryl methyl sites for hydroxylation is 1. The van der Waals surface area contributed by atoms with Gasteiger partial charge >= 0.3 is 0 Å². The average molecular weight is 220 g/mol. The molecule has 0 saturated heterocycles. The summed E-state index contributed by atoms with van der Waals surface area (Å²) in [4.78, 5) is 15.8. The fourth-order valence-electron chi connectivity index (χ4n) is 1.57. The van der Waals surface area contributed by atoms with Gasteiger partial charge in [-0.2, -0.15) is 0 Å². The molecule has 88 valence electrons. The fourth-order valence-corrected chi connectivity index (χ4v) is 1.57. The van der Waals surface area contributed by atoms with Gasteiger partial charge in [-0.3, -0.25) is 4.79 Å². The third-order valence-corrected chi connectivity index (χ3v) is 2.53. The van der Waals surface area contributed by atoms with Gasteiger partial charge in [0, 0.05) is 13.5 Å². The van der Waals surface area contributed by atoms with Gasteiger partial charge in [0.1, 0.15) is 11.5 Å². The van der Waals surface area contributed by atoms with E-state index in [0.29, 0.717) is 5.69 Å². The SMILES string of the molecule is CCCCNc1ccc(CC)c(C(C)=O)n1. The summed E-state index contributed by atoms with van der Waals surface area (Å²) in [7, 11) is 0. The molecule has 0 fully saturated rings. The molecule has 0 unspecified atom stereocenters. The van der Waals surface area contributed by atoms with Crippen LogP contribution in [0.25, 0.3) is 0 Å². The molecule has 16 heavy (non-hydrogen) atoms. The summed E-state index contributed by atoms with van der Waals surface area (Å²) >= 11 is 0. The van der Waals surface area contributed by atoms with E-state index in [-0.39, 0.29) is 5.78 Å². The summed E-state index contributed by atoms with van der Waals surface area (Å²) in [6.45, 7) is 6.66. The summed E-state index contributed by atoms with van der Waals surface area (Å²) in [5, 5.41) is 3.23. The second-order valence-electron chi connectivity index (χ2n) is 3.89. The number of hydrogen-bond donors (Lipinski definition) is 1. The molecule has 1 N–H and O–H groups in total. The minimum absolute atomic E-state index is 0.0380. The minimum atomic E-state index is 0.0380. The Hall–Kier alpha value is -1.38. The molecule has 0 aliphatic carbocycles. The number of hydrogen-bond acceptors (Lipinski definition) is 3. The van der Waals surface area contributed by atoms with Crippen LogP contribution in [0.2, 0.25) is 0 Å². The van der Waals surface area contributed by atoms with Gasteiger partial charge < -0.3 is 5.32 Å². The Bertz CT molecular complexity index is 361. The van der Waals surface area contributed by atoms with E-state index in [9.17, 15) is 4.79 Å². The van der Waals surface area contributed by atoms with Crippen LogP contribution in [-0.4, -0.2) is 17.3 Å². The van der Waals surface area contributed by atoms with E-state index in [1.54, 1.807) is 6.92 Å². The molecule has 0 bridgehead atoms. The lowest BCUT2D eigenvalue weighted by Gasteiger charge is -2.08. The third-order valence-electron chi connectivity index (χ3n) is 2.53. The molecule has 0 spiro atoms. The predicted molar refractivity (Wildman–Crippen MR) is 67.0 cm³/mol. The van der Waals surface area contributed by atoms with Crippen LogP contribution in [0.1, 0.15) is 49.7 Å². The van der Waals surface area contributed by atoms with E-state index in [0.717, 1.165) is 37.2 Å². The normalized spacial score (nSPS) is 10.2. The van der Waals surface area contributed by atoms with Crippen LogP contribution in [0, 0.1) is 0 Å². The second kappa shape index (κ2) is 6.26. The van der Waals surface area contributed by atoms with Gasteiger partial charge in [-0.25, -0.2) is 4.98 Å². The van der Waals surface area contributed by atoms with Crippen molar-refractivity contribution in [2.75, 3.05) is 11.9 Å². The standard InChI is InChI=1S/C13H20N2O/c1-4-6-9-14-12-8-7-11(5-2)13(15-12)10(3)16/h7-8H,4-6,9H2,1-3H3,(H,14,15). The zero-order valence-electron chi connectivity index (χ0n) is 10.3. The Morgan fingerprint density at radius 3 is 2.69 bits per heavy atom. The molecule has 1 aromatic rings. The zero-order valence-corrected chi connectivity index (χ0v) is 10.3. The lowest BCUT2D eigenvalue weighted by Crippen LogP contribution is -2.08. The van der Waals surface area contributed by atoms with Crippen LogP contribution in [0.4, 0.5) is 5.82 Å². The number of nitrogens with zero attached hydrogens (tertiary/aromatic N) is 1. The van der Waals surface area contributed by atoms with Crippen LogP contribution in [0.15, 0.2) is 12.1 Å². The maximum absolute atomic E-state index is 11.4. The first-order valence-electron chi connectivity index (χ1n) is 5.93. The van der Waals surface area contributed by atoms with Crippen LogP contribution in [-0.2, 0) is 6.42 Å². The molecule has 0 saturated carbocycles. The van der Waals surface area contributed by atoms with E-state index in [1.165, 1.54) is 0 Å². The molecule has 0 aromatic carbocycles. The van der Waals surface area contributed by atoms with Crippen molar-refractivity contribution in [3.8, 4) is 0 Å². The minimum Gasteiger partial charge on any atom is -0.370 e. The van der Waals surface area contributed by atoms with E-state index in [4.69, 9.17) is 0 Å². The number of carbonyl (C=O) groups excluding carboxylic acids is 1. The second-order valence-corrected chi connectivity index (χ2v) is 3.89. The topological polar surface area (TPSA) is 42.0 Å². The summed E-state index contributed by atoms with van der Waals surface area (Å²) in [6, 6.07) is 3.93. The molecule has 3 nitrogen and oxygen atoms in total. The van der Waals surface area contributed by atoms with Crippen molar-refractivity contribution >= 4 is 11.6 Å². The number of Topliss-reactive ketones (excluding diaryl/α,β-unsaturated/α-hetero) is 1. The van der Waals surface area contributed by atoms with Gasteiger partial charge in [-0.15, -0.1) is 0 Å². The fraction of sp³-hybridized carbons (Fsp3) is 0.538. The van der Waals surface area contributed by atoms with Gasteiger partial charge in [0.2, 0.25) is 0 Å². The first kappa shape index (κ1) is 12.7. The van der Waals surface area contributed by atoms with Crippen molar-refractivity contribution in [3.63, 3.8) is 0 Å². The lowest BCUT2D eigenvalue weighted by atomic mass is 10.1. The predicted octanol–water partition coefficient (Wildman–Crippen LogP) is 3.06. The first-order chi connectivity index (χ1) is 7.69. The molecule has 0 atom stereocenters. The van der Waals surface area contributed by atoms with Crippen molar-refractivity contribution in [3.05, 3.63) is 23.4 Å². The number of anilines is 1. The Labute approximate surface area is 97.3 Å². The van der Waals surface area contributed by atoms with Crippen LogP contribution in [0.5, 0.6) is 0 Å². The van der Waals surface area contributed by atoms with Gasteiger partial charge in [0.15, 0.2) is 5.78 Å². The average Bonchev–Trinajstić information content (AvgIpc) is 2.29. The van der Waals surface area contributed by atoms with Crippen LogP contribution >= 0.6 is 0 Å². The smallest absolute Gasteiger partial charge is 0.178 e. The number of unbranched alkanes of at least 4 members (excludes halogenated alkanes) is 1. The Morgan fingerprint density at radius 1 is 1.38 bits per heavy atom. The summed E-state index contributed by atoms with van der Waals surface area (Å²) < 4.78 is 0. The Kier molecular flexibility index (Phi) is 4.96. The van der Waals surface area contributed by atoms with Gasteiger partial charge in [-0.1, -0.05) is 26.3 Å². The molecule has 0 aliphatic heterocycles. The largest absolute Gasteiger partial charge is 0.370 e. The lowest BCUT2D eigenvalue weighted by molar-refractivity contribution is 0.101. The van der Waals surface area contributed by atoms with Crippen molar-refractivity contribution in [1.29, 1.82) is 0 Å². The highest BCUT2D eigenvalue weighted by Crippen LogP contribution is 2.12. The Morgan fingerprint density at radius 2 is 2.12 bits per heavy atom. The summed E-state index contributed by atoms with van der Waals surface area (Å²) in [5.41, 5.74) is 1.62. The first-order valence-corrected chi connectivity index (χ1v) is 5.93. The van der Waals surface area contributed by atoms with Crippen molar-refractivity contribution in [2.24, 2.45) is 0 Å². The molecule has 1 heterocycles. The quantitative estimate of drug-likeness (QED) is 0.591. The van der Waals surface area contributed by atoms with Gasteiger partial charge in [-0.05, 0) is 24.5 Å². The highest BCUT2D eigenvalue weighted by atomic mass is 16.1. The monoisotopic (exact) mass is 220 g/mol. The third kappa shape index (κ3) is 3.33. The van der Waals surface area contributed by atoms with Crippen molar-refractivity contribution in [1.82, 2.24) is 4.98 Å². The Balaban J connectivity index is 2.81. The van der Waals surface area contributed by atoms with Crippen LogP contribution in [0.3, 0.4) is 0 Å². The van der Waals surface area contributed by atoms with E-state index >= 15 is 0 Å². The van der Waals surface area contributed by atoms with Gasteiger partial charge in [0.25, 0.3) is 0 Å². The molecule has 0 amide bonds. The number of aromatic nitrogens is 1. The zero-order chi connectivity index (χ0) is 12.0. The highest BCUT2D eigenvalue weighted by Gasteiger charge is 2.08. The van der Waals surface area contributed by atoms with Crippen molar-refractivity contribution in [2.45, 2.75) is 40.0 Å². The maximum atomic E-state index is 11.4. The molecule has 1 rings (SSSR count). The number of carbonyl (C=O) groups is 1. The summed E-state index contributed by atoms with van der Waals surface area (Å²) in [5.74, 6) is 0.840. The molecule has 0 radical (unpaired) electrons. The number of rotatable bonds is 6. The molecule has 3 heteroatoms. The van der Waals surface area contributed by atoms with Crippen LogP contribution < -0.4 is 5.32 Å². The maximum Gasteiger partial charge on any atom is 0.178 e. The molecule has 1 aromatic heterocycles. The summed E-state index contributed by atoms with van der Waals surface area (Å²) in [6.07, 6.45) is 3.11. The van der Waals surface area contributed by atoms with E-state index in [1.807, 2.05) is 19.1 Å². The van der Waals surface area contributed by atoms with Crippen molar-refractivity contribution < 1.29 is 4.79 Å². The number of nitrogens with one attached hydrogen (secondary N) is 1. The molecular weight excluding hydrogens is 200 g/mol. The highest BCUT2D eigenvalue weighted by molar-refractivity contribution is 5.94. The molecule has 0 aliphatic rings. The number of ketones is 1. The van der Waals surface area contributed by atoms with Gasteiger partial charge in [0.05, 0.1) is 0 Å². The van der Waals surface area contributed by atoms with E-state index in [2.05, 4.69) is 17.2 Å². The molecular formula is C13H20N2O. The number of pyridine rings is 1. The van der Waals surface area contributed by atoms with E-state index < -0.39 is 0 Å².